The first-order chi connectivity index (χ1) is 7.97. The maximum atomic E-state index is 11.3. The lowest BCUT2D eigenvalue weighted by atomic mass is 9.77. The number of rotatable bonds is 7. The van der Waals surface area contributed by atoms with Gasteiger partial charge in [0.1, 0.15) is 5.54 Å². The van der Waals surface area contributed by atoms with Gasteiger partial charge in [0.25, 0.3) is 0 Å². The number of hydrogen-bond acceptors (Lipinski definition) is 5. The molecule has 17 heavy (non-hydrogen) atoms. The fourth-order valence-electron chi connectivity index (χ4n) is 2.32. The van der Waals surface area contributed by atoms with Gasteiger partial charge in [0.05, 0.1) is 0 Å². The Hall–Kier alpha value is -0.625. The average Bonchev–Trinajstić information content (AvgIpc) is 2.77. The zero-order valence-corrected chi connectivity index (χ0v) is 9.93. The van der Waals surface area contributed by atoms with Crippen molar-refractivity contribution in [3.05, 3.63) is 0 Å². The van der Waals surface area contributed by atoms with Crippen molar-refractivity contribution in [2.24, 2.45) is 11.7 Å². The van der Waals surface area contributed by atoms with Gasteiger partial charge < -0.3 is 26.2 Å². The van der Waals surface area contributed by atoms with Crippen molar-refractivity contribution >= 4 is 13.1 Å². The topological polar surface area (TPSA) is 116 Å². The molecule has 1 aliphatic heterocycles. The second-order valence-corrected chi connectivity index (χ2v) is 4.76. The summed E-state index contributed by atoms with van der Waals surface area (Å²) >= 11 is 0. The Morgan fingerprint density at radius 2 is 2.18 bits per heavy atom. The summed E-state index contributed by atoms with van der Waals surface area (Å²) in [5.74, 6) is -1.00. The first kappa shape index (κ1) is 14.4. The zero-order chi connectivity index (χ0) is 12.9. The van der Waals surface area contributed by atoms with Gasteiger partial charge in [0, 0.05) is 12.5 Å². The van der Waals surface area contributed by atoms with Crippen LogP contribution in [-0.4, -0.2) is 46.9 Å². The molecule has 0 radical (unpaired) electrons. The molecule has 0 aliphatic carbocycles. The van der Waals surface area contributed by atoms with Gasteiger partial charge in [-0.2, -0.15) is 0 Å². The molecule has 0 aromatic carbocycles. The highest BCUT2D eigenvalue weighted by Crippen LogP contribution is 2.27. The molecule has 1 unspecified atom stereocenters. The van der Waals surface area contributed by atoms with Crippen LogP contribution in [0.3, 0.4) is 0 Å². The normalized spacial score (nSPS) is 23.4. The summed E-state index contributed by atoms with van der Waals surface area (Å²) in [6, 6.07) is 0. The summed E-state index contributed by atoms with van der Waals surface area (Å²) < 4.78 is 0. The number of nitrogens with two attached hydrogens (primary N) is 1. The van der Waals surface area contributed by atoms with Crippen molar-refractivity contribution in [2.45, 2.75) is 37.5 Å². The molecule has 1 saturated heterocycles. The maximum Gasteiger partial charge on any atom is 0.451 e. The second kappa shape index (κ2) is 6.35. The molecule has 7 heteroatoms. The minimum Gasteiger partial charge on any atom is -0.480 e. The number of nitrogens with one attached hydrogen (secondary N) is 1. The quantitative estimate of drug-likeness (QED) is 0.290. The minimum atomic E-state index is -1.32. The molecular weight excluding hydrogens is 223 g/mol. The van der Waals surface area contributed by atoms with Crippen LogP contribution in [0.2, 0.25) is 6.32 Å². The van der Waals surface area contributed by atoms with E-state index in [-0.39, 0.29) is 12.2 Å². The van der Waals surface area contributed by atoms with Crippen molar-refractivity contribution in [1.82, 2.24) is 5.32 Å². The molecule has 98 valence electrons. The molecular formula is C10H21BN2O4. The van der Waals surface area contributed by atoms with Crippen molar-refractivity contribution in [2.75, 3.05) is 13.1 Å². The molecule has 2 atom stereocenters. The Bertz CT molecular complexity index is 259. The second-order valence-electron chi connectivity index (χ2n) is 4.76. The summed E-state index contributed by atoms with van der Waals surface area (Å²) in [6.07, 6.45) is 2.59. The Kier molecular flexibility index (Phi) is 5.39. The number of carboxylic acid groups (broad SMARTS) is 1. The van der Waals surface area contributed by atoms with E-state index in [4.69, 9.17) is 15.8 Å². The van der Waals surface area contributed by atoms with Crippen molar-refractivity contribution < 1.29 is 19.9 Å². The Labute approximate surface area is 101 Å². The van der Waals surface area contributed by atoms with E-state index in [0.717, 1.165) is 13.0 Å². The summed E-state index contributed by atoms with van der Waals surface area (Å²) in [4.78, 5) is 11.3. The molecule has 6 N–H and O–H groups in total. The van der Waals surface area contributed by atoms with Crippen LogP contribution in [0.15, 0.2) is 0 Å². The van der Waals surface area contributed by atoms with E-state index in [1.807, 2.05) is 0 Å². The minimum absolute atomic E-state index is 0.0425. The van der Waals surface area contributed by atoms with Crippen LogP contribution < -0.4 is 11.1 Å². The molecule has 6 nitrogen and oxygen atoms in total. The van der Waals surface area contributed by atoms with Crippen LogP contribution in [0.25, 0.3) is 0 Å². The van der Waals surface area contributed by atoms with Crippen molar-refractivity contribution in [3.63, 3.8) is 0 Å². The van der Waals surface area contributed by atoms with Crippen LogP contribution in [0.4, 0.5) is 0 Å². The molecule has 1 rings (SSSR count). The highest BCUT2D eigenvalue weighted by molar-refractivity contribution is 6.40. The van der Waals surface area contributed by atoms with Crippen LogP contribution >= 0.6 is 0 Å². The lowest BCUT2D eigenvalue weighted by molar-refractivity contribution is -0.145. The average molecular weight is 244 g/mol. The molecule has 0 spiro atoms. The Morgan fingerprint density at radius 1 is 1.47 bits per heavy atom. The maximum absolute atomic E-state index is 11.3. The smallest absolute Gasteiger partial charge is 0.451 e. The fourth-order valence-corrected chi connectivity index (χ4v) is 2.32. The van der Waals surface area contributed by atoms with Crippen molar-refractivity contribution in [3.8, 4) is 0 Å². The van der Waals surface area contributed by atoms with E-state index in [1.165, 1.54) is 0 Å². The molecule has 0 amide bonds. The van der Waals surface area contributed by atoms with Gasteiger partial charge in [-0.25, -0.2) is 0 Å². The van der Waals surface area contributed by atoms with Gasteiger partial charge in [-0.1, -0.05) is 12.8 Å². The van der Waals surface area contributed by atoms with Gasteiger partial charge in [0.15, 0.2) is 0 Å². The van der Waals surface area contributed by atoms with Gasteiger partial charge in [-0.3, -0.25) is 4.79 Å². The molecule has 1 aliphatic rings. The highest BCUT2D eigenvalue weighted by atomic mass is 16.4. The SMILES string of the molecule is NC(CCCCB(O)O)(C(=O)O)[C@@H]1CCNC1. The zero-order valence-electron chi connectivity index (χ0n) is 9.93. The largest absolute Gasteiger partial charge is 0.480 e. The van der Waals surface area contributed by atoms with Crippen LogP contribution in [0.1, 0.15) is 25.7 Å². The first-order valence-electron chi connectivity index (χ1n) is 6.06. The third kappa shape index (κ3) is 3.95. The Morgan fingerprint density at radius 3 is 2.65 bits per heavy atom. The van der Waals surface area contributed by atoms with Gasteiger partial charge in [0.2, 0.25) is 0 Å². The monoisotopic (exact) mass is 244 g/mol. The van der Waals surface area contributed by atoms with E-state index in [2.05, 4.69) is 5.32 Å². The van der Waals surface area contributed by atoms with E-state index in [9.17, 15) is 9.90 Å². The van der Waals surface area contributed by atoms with Crippen molar-refractivity contribution in [1.29, 1.82) is 0 Å². The summed E-state index contributed by atoms with van der Waals surface area (Å²) in [6.45, 7) is 1.46. The molecule has 0 bridgehead atoms. The summed E-state index contributed by atoms with van der Waals surface area (Å²) in [5.41, 5.74) is 4.81. The number of hydrogen-bond donors (Lipinski definition) is 5. The van der Waals surface area contributed by atoms with Crippen LogP contribution in [0.5, 0.6) is 0 Å². The molecule has 0 saturated carbocycles. The lowest BCUT2D eigenvalue weighted by Gasteiger charge is -2.30. The number of carbonyl (C=O) groups is 1. The third-order valence-electron chi connectivity index (χ3n) is 3.49. The van der Waals surface area contributed by atoms with Crippen LogP contribution in [-0.2, 0) is 4.79 Å². The van der Waals surface area contributed by atoms with E-state index in [1.54, 1.807) is 0 Å². The highest BCUT2D eigenvalue weighted by Gasteiger charge is 2.42. The number of aliphatic carboxylic acids is 1. The van der Waals surface area contributed by atoms with E-state index >= 15 is 0 Å². The summed E-state index contributed by atoms with van der Waals surface area (Å²) in [5, 5.41) is 29.8. The van der Waals surface area contributed by atoms with Crippen LogP contribution in [0, 0.1) is 5.92 Å². The van der Waals surface area contributed by atoms with E-state index < -0.39 is 18.6 Å². The van der Waals surface area contributed by atoms with Gasteiger partial charge >= 0.3 is 13.1 Å². The first-order valence-corrected chi connectivity index (χ1v) is 6.06. The number of carboxylic acids is 1. The van der Waals surface area contributed by atoms with E-state index in [0.29, 0.717) is 25.8 Å². The molecule has 0 aromatic rings. The molecule has 1 fully saturated rings. The fraction of sp³-hybridized carbons (Fsp3) is 0.900. The van der Waals surface area contributed by atoms with Gasteiger partial charge in [-0.05, 0) is 25.7 Å². The predicted octanol–water partition coefficient (Wildman–Crippen LogP) is -0.979. The predicted molar refractivity (Wildman–Crippen MR) is 64.4 cm³/mol. The lowest BCUT2D eigenvalue weighted by Crippen LogP contribution is -2.54. The third-order valence-corrected chi connectivity index (χ3v) is 3.49. The standard InChI is InChI=1S/C10H21BN2O4/c12-10(9(14)15,8-3-6-13-7-8)4-1-2-5-11(16)17/h8,13,16-17H,1-7,12H2,(H,14,15)/t8-,10?/m1/s1. The molecule has 0 aromatic heterocycles. The van der Waals surface area contributed by atoms with Gasteiger partial charge in [-0.15, -0.1) is 0 Å². The summed E-state index contributed by atoms with van der Waals surface area (Å²) in [7, 11) is -1.32. The molecule has 1 heterocycles. The number of unbranched alkanes of at least 4 members (excludes halogenated alkanes) is 1. The Balaban J connectivity index is 2.44.